The largest absolute Gasteiger partial charge is 0.493 e. The van der Waals surface area contributed by atoms with Crippen LogP contribution in [-0.2, 0) is 4.94 Å². The maximum Gasteiger partial charge on any atom is 0.203 e. The third-order valence-corrected chi connectivity index (χ3v) is 3.56. The van der Waals surface area contributed by atoms with Crippen LogP contribution in [0.4, 0.5) is 11.4 Å². The van der Waals surface area contributed by atoms with Crippen LogP contribution in [0.25, 0.3) is 12.2 Å². The summed E-state index contributed by atoms with van der Waals surface area (Å²) in [6, 6.07) is 9.70. The second-order valence-electron chi connectivity index (χ2n) is 4.87. The fraction of sp³-hybridized carbons (Fsp3) is 0.176. The van der Waals surface area contributed by atoms with E-state index < -0.39 is 0 Å². The van der Waals surface area contributed by atoms with Gasteiger partial charge in [0, 0.05) is 5.56 Å². The first-order chi connectivity index (χ1) is 11.3. The van der Waals surface area contributed by atoms with E-state index in [2.05, 4.69) is 11.0 Å². The lowest BCUT2D eigenvalue weighted by Gasteiger charge is -2.14. The van der Waals surface area contributed by atoms with Crippen LogP contribution in [0.1, 0.15) is 11.1 Å². The van der Waals surface area contributed by atoms with E-state index in [1.165, 1.54) is 0 Å². The molecule has 0 fully saturated rings. The molecule has 1 aliphatic rings. The third kappa shape index (κ3) is 2.89. The van der Waals surface area contributed by atoms with Gasteiger partial charge >= 0.3 is 0 Å². The van der Waals surface area contributed by atoms with Crippen molar-refractivity contribution in [1.82, 2.24) is 0 Å². The Hall–Kier alpha value is -2.86. The first-order valence-corrected chi connectivity index (χ1v) is 7.05. The first-order valence-electron chi connectivity index (χ1n) is 7.05. The lowest BCUT2D eigenvalue weighted by atomic mass is 10.1. The smallest absolute Gasteiger partial charge is 0.203 e. The molecule has 2 N–H and O–H groups in total. The molecule has 2 aromatic carbocycles. The zero-order chi connectivity index (χ0) is 16.2. The monoisotopic (exact) mass is 314 g/mol. The van der Waals surface area contributed by atoms with E-state index in [9.17, 15) is 0 Å². The number of rotatable bonds is 5. The molecule has 6 nitrogen and oxygen atoms in total. The standard InChI is InChI=1S/C17H18N2O4/c1-20-15-9-7-12(16(21-2)17(15)22-3)6-4-11-5-8-13-14(10-11)19-23-18-13/h4-10,18-19H,1-3H3/b6-4-. The molecule has 2 aromatic rings. The van der Waals surface area contributed by atoms with Gasteiger partial charge < -0.3 is 14.2 Å². The Morgan fingerprint density at radius 3 is 2.35 bits per heavy atom. The maximum atomic E-state index is 5.47. The predicted octanol–water partition coefficient (Wildman–Crippen LogP) is 3.57. The van der Waals surface area contributed by atoms with E-state index in [1.54, 1.807) is 21.3 Å². The summed E-state index contributed by atoms with van der Waals surface area (Å²) >= 11 is 0. The van der Waals surface area contributed by atoms with Gasteiger partial charge in [0.15, 0.2) is 11.5 Å². The van der Waals surface area contributed by atoms with Crippen LogP contribution in [0.5, 0.6) is 17.2 Å². The quantitative estimate of drug-likeness (QED) is 0.823. The summed E-state index contributed by atoms with van der Waals surface area (Å²) in [7, 11) is 4.80. The SMILES string of the molecule is COc1ccc(/C=C\c2ccc3c(c2)NON3)c(OC)c1OC. The lowest BCUT2D eigenvalue weighted by Crippen LogP contribution is -1.96. The molecule has 3 rings (SSSR count). The Bertz CT molecular complexity index is 744. The molecule has 0 radical (unpaired) electrons. The zero-order valence-corrected chi connectivity index (χ0v) is 13.2. The van der Waals surface area contributed by atoms with E-state index >= 15 is 0 Å². The fourth-order valence-electron chi connectivity index (χ4n) is 2.42. The number of nitrogens with one attached hydrogen (secondary N) is 2. The number of anilines is 2. The van der Waals surface area contributed by atoms with Crippen LogP contribution in [0, 0.1) is 0 Å². The Balaban J connectivity index is 1.93. The van der Waals surface area contributed by atoms with Crippen molar-refractivity contribution in [3.8, 4) is 17.2 Å². The number of methoxy groups -OCH3 is 3. The van der Waals surface area contributed by atoms with Crippen LogP contribution in [0.15, 0.2) is 30.3 Å². The van der Waals surface area contributed by atoms with E-state index in [0.29, 0.717) is 17.2 Å². The van der Waals surface area contributed by atoms with Crippen LogP contribution in [0.2, 0.25) is 0 Å². The molecule has 120 valence electrons. The number of hydrogen-bond donors (Lipinski definition) is 2. The van der Waals surface area contributed by atoms with Gasteiger partial charge in [-0.05, 0) is 29.8 Å². The van der Waals surface area contributed by atoms with Crippen LogP contribution in [-0.4, -0.2) is 21.3 Å². The van der Waals surface area contributed by atoms with Gasteiger partial charge in [-0.3, -0.25) is 0 Å². The summed E-state index contributed by atoms with van der Waals surface area (Å²) in [5.74, 6) is 1.84. The van der Waals surface area contributed by atoms with Crippen LogP contribution in [0.3, 0.4) is 0 Å². The normalized spacial score (nSPS) is 12.5. The maximum absolute atomic E-state index is 5.47. The molecule has 0 spiro atoms. The average molecular weight is 314 g/mol. The summed E-state index contributed by atoms with van der Waals surface area (Å²) in [6.45, 7) is 0. The molecule has 0 amide bonds. The molecule has 0 unspecified atom stereocenters. The molecule has 0 aromatic heterocycles. The van der Waals surface area contributed by atoms with E-state index in [0.717, 1.165) is 22.5 Å². The van der Waals surface area contributed by atoms with Crippen LogP contribution < -0.4 is 25.2 Å². The highest BCUT2D eigenvalue weighted by Gasteiger charge is 2.14. The summed E-state index contributed by atoms with van der Waals surface area (Å²) in [5, 5.41) is 0. The minimum Gasteiger partial charge on any atom is -0.493 e. The van der Waals surface area contributed by atoms with Gasteiger partial charge in [-0.1, -0.05) is 18.2 Å². The predicted molar refractivity (Wildman–Crippen MR) is 89.8 cm³/mol. The summed E-state index contributed by atoms with van der Waals surface area (Å²) in [5.41, 5.74) is 9.28. The Labute approximate surface area is 134 Å². The van der Waals surface area contributed by atoms with Gasteiger partial charge in [-0.25, -0.2) is 11.0 Å². The summed E-state index contributed by atoms with van der Waals surface area (Å²) in [4.78, 5) is 4.95. The summed E-state index contributed by atoms with van der Waals surface area (Å²) < 4.78 is 16.2. The molecular formula is C17H18N2O4. The van der Waals surface area contributed by atoms with Crippen molar-refractivity contribution in [2.45, 2.75) is 0 Å². The second-order valence-corrected chi connectivity index (χ2v) is 4.87. The van der Waals surface area contributed by atoms with Gasteiger partial charge in [-0.15, -0.1) is 0 Å². The first kappa shape index (κ1) is 15.1. The molecule has 23 heavy (non-hydrogen) atoms. The van der Waals surface area contributed by atoms with Gasteiger partial charge in [-0.2, -0.15) is 4.94 Å². The molecule has 0 saturated carbocycles. The van der Waals surface area contributed by atoms with Crippen molar-refractivity contribution in [2.75, 3.05) is 32.3 Å². The lowest BCUT2D eigenvalue weighted by molar-refractivity contribution is 0.282. The highest BCUT2D eigenvalue weighted by atomic mass is 16.8. The molecule has 0 atom stereocenters. The molecule has 0 bridgehead atoms. The summed E-state index contributed by atoms with van der Waals surface area (Å²) in [6.07, 6.45) is 3.95. The van der Waals surface area contributed by atoms with Crippen molar-refractivity contribution in [2.24, 2.45) is 0 Å². The van der Waals surface area contributed by atoms with Gasteiger partial charge in [0.1, 0.15) is 0 Å². The van der Waals surface area contributed by atoms with E-state index in [4.69, 9.17) is 19.1 Å². The molecule has 6 heteroatoms. The van der Waals surface area contributed by atoms with Crippen molar-refractivity contribution < 1.29 is 19.1 Å². The Morgan fingerprint density at radius 1 is 0.826 bits per heavy atom. The van der Waals surface area contributed by atoms with Crippen molar-refractivity contribution in [1.29, 1.82) is 0 Å². The second kappa shape index (κ2) is 6.50. The number of fused-ring (bicyclic) bond motifs is 1. The molecule has 0 aliphatic carbocycles. The molecular weight excluding hydrogens is 296 g/mol. The van der Waals surface area contributed by atoms with Gasteiger partial charge in [0.05, 0.1) is 32.7 Å². The van der Waals surface area contributed by atoms with Crippen molar-refractivity contribution >= 4 is 23.5 Å². The Kier molecular flexibility index (Phi) is 4.25. The van der Waals surface area contributed by atoms with E-state index in [-0.39, 0.29) is 0 Å². The molecule has 1 aliphatic heterocycles. The van der Waals surface area contributed by atoms with Gasteiger partial charge in [0.25, 0.3) is 0 Å². The fourth-order valence-corrected chi connectivity index (χ4v) is 2.42. The van der Waals surface area contributed by atoms with Crippen LogP contribution >= 0.6 is 0 Å². The number of benzene rings is 2. The van der Waals surface area contributed by atoms with Crippen molar-refractivity contribution in [3.05, 3.63) is 41.5 Å². The highest BCUT2D eigenvalue weighted by molar-refractivity contribution is 5.79. The van der Waals surface area contributed by atoms with Crippen molar-refractivity contribution in [3.63, 3.8) is 0 Å². The molecule has 0 saturated heterocycles. The zero-order valence-electron chi connectivity index (χ0n) is 13.2. The topological polar surface area (TPSA) is 61.0 Å². The molecule has 1 heterocycles. The Morgan fingerprint density at radius 2 is 1.61 bits per heavy atom. The average Bonchev–Trinajstić information content (AvgIpc) is 3.06. The number of ether oxygens (including phenoxy) is 3. The third-order valence-electron chi connectivity index (χ3n) is 3.56. The number of hydrogen-bond acceptors (Lipinski definition) is 6. The minimum atomic E-state index is 0.574. The highest BCUT2D eigenvalue weighted by Crippen LogP contribution is 2.40. The minimum absolute atomic E-state index is 0.574. The van der Waals surface area contributed by atoms with Gasteiger partial charge in [0.2, 0.25) is 5.75 Å². The van der Waals surface area contributed by atoms with E-state index in [1.807, 2.05) is 42.5 Å².